The summed E-state index contributed by atoms with van der Waals surface area (Å²) in [4.78, 5) is 4.99. The van der Waals surface area contributed by atoms with Crippen LogP contribution >= 0.6 is 0 Å². The van der Waals surface area contributed by atoms with Crippen molar-refractivity contribution in [3.8, 4) is 0 Å². The third kappa shape index (κ3) is 3.41. The molecule has 0 saturated carbocycles. The third-order valence-corrected chi connectivity index (χ3v) is 5.11. The molecule has 0 spiro atoms. The van der Waals surface area contributed by atoms with Crippen LogP contribution in [0.15, 0.2) is 18.2 Å². The van der Waals surface area contributed by atoms with Crippen molar-refractivity contribution in [2.24, 2.45) is 0 Å². The van der Waals surface area contributed by atoms with Gasteiger partial charge in [0.1, 0.15) is 0 Å². The molecule has 2 aliphatic heterocycles. The highest BCUT2D eigenvalue weighted by Crippen LogP contribution is 2.26. The van der Waals surface area contributed by atoms with E-state index < -0.39 is 0 Å². The second kappa shape index (κ2) is 6.80. The first-order valence-corrected chi connectivity index (χ1v) is 8.55. The predicted molar refractivity (Wildman–Crippen MR) is 90.0 cm³/mol. The zero-order valence-electron chi connectivity index (χ0n) is 13.6. The molecule has 0 aromatic heterocycles. The number of nitrogens with one attached hydrogen (secondary N) is 1. The number of hydrogen-bond donors (Lipinski definition) is 1. The van der Waals surface area contributed by atoms with E-state index in [1.165, 1.54) is 62.1 Å². The molecule has 1 saturated heterocycles. The van der Waals surface area contributed by atoms with Crippen molar-refractivity contribution in [1.29, 1.82) is 0 Å². The van der Waals surface area contributed by atoms with Gasteiger partial charge in [-0.3, -0.25) is 4.90 Å². The highest BCUT2D eigenvalue weighted by molar-refractivity contribution is 5.56. The largest absolute Gasteiger partial charge is 0.374 e. The van der Waals surface area contributed by atoms with Crippen molar-refractivity contribution < 1.29 is 0 Å². The molecule has 1 aromatic carbocycles. The molecule has 3 rings (SSSR count). The van der Waals surface area contributed by atoms with Gasteiger partial charge in [-0.15, -0.1) is 0 Å². The third-order valence-electron chi connectivity index (χ3n) is 5.11. The molecule has 2 aliphatic rings. The topological polar surface area (TPSA) is 18.5 Å². The summed E-state index contributed by atoms with van der Waals surface area (Å²) < 4.78 is 0. The van der Waals surface area contributed by atoms with E-state index in [2.05, 4.69) is 47.3 Å². The van der Waals surface area contributed by atoms with Crippen LogP contribution in [0.25, 0.3) is 0 Å². The van der Waals surface area contributed by atoms with Gasteiger partial charge in [0.05, 0.1) is 0 Å². The van der Waals surface area contributed by atoms with Crippen LogP contribution < -0.4 is 10.2 Å². The van der Waals surface area contributed by atoms with Gasteiger partial charge in [0.25, 0.3) is 0 Å². The Morgan fingerprint density at radius 1 is 1.24 bits per heavy atom. The minimum atomic E-state index is 0.749. The summed E-state index contributed by atoms with van der Waals surface area (Å²) in [5.41, 5.74) is 4.39. The van der Waals surface area contributed by atoms with Gasteiger partial charge in [-0.25, -0.2) is 0 Å². The van der Waals surface area contributed by atoms with Crippen LogP contribution in [0, 0.1) is 0 Å². The summed E-state index contributed by atoms with van der Waals surface area (Å²) in [6.45, 7) is 8.08. The van der Waals surface area contributed by atoms with E-state index in [0.29, 0.717) is 0 Å². The van der Waals surface area contributed by atoms with E-state index in [9.17, 15) is 0 Å². The van der Waals surface area contributed by atoms with E-state index in [1.54, 1.807) is 0 Å². The fraction of sp³-hybridized carbons (Fsp3) is 0.667. The Bertz CT molecular complexity index is 472. The normalized spacial score (nSPS) is 22.6. The lowest BCUT2D eigenvalue weighted by atomic mass is 9.99. The Hall–Kier alpha value is -1.06. The molecule has 1 unspecified atom stereocenters. The van der Waals surface area contributed by atoms with Crippen LogP contribution in [-0.2, 0) is 13.0 Å². The molecule has 3 nitrogen and oxygen atoms in total. The van der Waals surface area contributed by atoms with Crippen LogP contribution in [-0.4, -0.2) is 44.2 Å². The highest BCUT2D eigenvalue weighted by Gasteiger charge is 2.22. The molecule has 1 aromatic rings. The highest BCUT2D eigenvalue weighted by atomic mass is 15.2. The minimum Gasteiger partial charge on any atom is -0.374 e. The van der Waals surface area contributed by atoms with Crippen molar-refractivity contribution in [3.63, 3.8) is 0 Å². The second-order valence-corrected chi connectivity index (χ2v) is 6.54. The van der Waals surface area contributed by atoms with E-state index >= 15 is 0 Å². The molecule has 1 fully saturated rings. The van der Waals surface area contributed by atoms with Gasteiger partial charge < -0.3 is 10.2 Å². The van der Waals surface area contributed by atoms with Crippen LogP contribution in [0.4, 0.5) is 5.69 Å². The summed E-state index contributed by atoms with van der Waals surface area (Å²) in [7, 11) is 2.20. The fourth-order valence-electron chi connectivity index (χ4n) is 3.87. The molecule has 21 heavy (non-hydrogen) atoms. The van der Waals surface area contributed by atoms with E-state index in [1.807, 2.05) is 0 Å². The number of fused-ring (bicyclic) bond motifs is 1. The molecule has 0 bridgehead atoms. The van der Waals surface area contributed by atoms with Crippen molar-refractivity contribution >= 4 is 5.69 Å². The Balaban J connectivity index is 1.54. The van der Waals surface area contributed by atoms with E-state index in [-0.39, 0.29) is 0 Å². The standard InChI is InChI=1S/C18H29N3/c1-3-21-11-5-7-17(21)14-19-13-15-8-9-18-16(12-15)6-4-10-20(18)2/h8-9,12,17,19H,3-7,10-11,13-14H2,1-2H3. The second-order valence-electron chi connectivity index (χ2n) is 6.54. The summed E-state index contributed by atoms with van der Waals surface area (Å²) >= 11 is 0. The molecule has 2 heterocycles. The van der Waals surface area contributed by atoms with E-state index in [4.69, 9.17) is 0 Å². The molecule has 0 amide bonds. The van der Waals surface area contributed by atoms with Crippen molar-refractivity contribution in [1.82, 2.24) is 10.2 Å². The van der Waals surface area contributed by atoms with Gasteiger partial charge in [-0.1, -0.05) is 19.1 Å². The minimum absolute atomic E-state index is 0.749. The average Bonchev–Trinajstić information content (AvgIpc) is 2.95. The number of rotatable bonds is 5. The van der Waals surface area contributed by atoms with Gasteiger partial charge in [0.2, 0.25) is 0 Å². The number of aryl methyl sites for hydroxylation is 1. The van der Waals surface area contributed by atoms with Gasteiger partial charge in [-0.05, 0) is 56.0 Å². The van der Waals surface area contributed by atoms with Crippen LogP contribution in [0.2, 0.25) is 0 Å². The van der Waals surface area contributed by atoms with Gasteiger partial charge in [-0.2, -0.15) is 0 Å². The number of benzene rings is 1. The zero-order valence-corrected chi connectivity index (χ0v) is 13.6. The Morgan fingerprint density at radius 3 is 3.00 bits per heavy atom. The molecule has 0 aliphatic carbocycles. The Morgan fingerprint density at radius 2 is 2.14 bits per heavy atom. The van der Waals surface area contributed by atoms with Crippen LogP contribution in [0.5, 0.6) is 0 Å². The molecular formula is C18H29N3. The maximum atomic E-state index is 3.67. The van der Waals surface area contributed by atoms with Crippen molar-refractivity contribution in [2.75, 3.05) is 38.1 Å². The maximum Gasteiger partial charge on any atom is 0.0396 e. The van der Waals surface area contributed by atoms with Crippen LogP contribution in [0.1, 0.15) is 37.3 Å². The first-order valence-electron chi connectivity index (χ1n) is 8.55. The zero-order chi connectivity index (χ0) is 14.7. The van der Waals surface area contributed by atoms with Gasteiger partial charge in [0.15, 0.2) is 0 Å². The maximum absolute atomic E-state index is 3.67. The summed E-state index contributed by atoms with van der Waals surface area (Å²) in [5, 5.41) is 3.67. The lowest BCUT2D eigenvalue weighted by Gasteiger charge is -2.28. The Labute approximate surface area is 129 Å². The van der Waals surface area contributed by atoms with Crippen LogP contribution in [0.3, 0.4) is 0 Å². The molecule has 1 atom stereocenters. The summed E-state index contributed by atoms with van der Waals surface area (Å²) in [6, 6.07) is 7.75. The Kier molecular flexibility index (Phi) is 4.81. The molecular weight excluding hydrogens is 258 g/mol. The predicted octanol–water partition coefficient (Wildman–Crippen LogP) is 2.64. The SMILES string of the molecule is CCN1CCCC1CNCc1ccc2c(c1)CCCN2C. The number of likely N-dealkylation sites (N-methyl/N-ethyl adjacent to an activating group) is 1. The number of nitrogens with zero attached hydrogens (tertiary/aromatic N) is 2. The lowest BCUT2D eigenvalue weighted by Crippen LogP contribution is -2.37. The lowest BCUT2D eigenvalue weighted by molar-refractivity contribution is 0.260. The molecule has 0 radical (unpaired) electrons. The number of likely N-dealkylation sites (tertiary alicyclic amines) is 1. The van der Waals surface area contributed by atoms with Crippen molar-refractivity contribution in [2.45, 2.75) is 45.2 Å². The van der Waals surface area contributed by atoms with Gasteiger partial charge in [0, 0.05) is 38.4 Å². The fourth-order valence-corrected chi connectivity index (χ4v) is 3.87. The monoisotopic (exact) mass is 287 g/mol. The summed E-state index contributed by atoms with van der Waals surface area (Å²) in [6.07, 6.45) is 5.24. The summed E-state index contributed by atoms with van der Waals surface area (Å²) in [5.74, 6) is 0. The molecule has 3 heteroatoms. The van der Waals surface area contributed by atoms with Crippen molar-refractivity contribution in [3.05, 3.63) is 29.3 Å². The first kappa shape index (κ1) is 14.9. The molecule has 1 N–H and O–H groups in total. The number of anilines is 1. The first-order chi connectivity index (χ1) is 10.3. The molecule has 116 valence electrons. The van der Waals surface area contributed by atoms with E-state index in [0.717, 1.165) is 19.1 Å². The van der Waals surface area contributed by atoms with Gasteiger partial charge >= 0.3 is 0 Å². The smallest absolute Gasteiger partial charge is 0.0396 e. The average molecular weight is 287 g/mol. The quantitative estimate of drug-likeness (QED) is 0.898. The number of hydrogen-bond acceptors (Lipinski definition) is 3.